The van der Waals surface area contributed by atoms with E-state index in [1.54, 1.807) is 11.3 Å². The number of sulfonamides is 1. The van der Waals surface area contributed by atoms with Crippen LogP contribution in [-0.2, 0) is 31.0 Å². The molecule has 4 aromatic rings. The number of amides is 3. The lowest BCUT2D eigenvalue weighted by molar-refractivity contribution is -0.123. The number of thioether (sulfide) groups is 1. The number of nitrogens with two attached hydrogens (primary N) is 1. The van der Waals surface area contributed by atoms with E-state index in [9.17, 15) is 32.0 Å². The number of imide groups is 1. The van der Waals surface area contributed by atoms with Gasteiger partial charge in [0.15, 0.2) is 0 Å². The van der Waals surface area contributed by atoms with E-state index in [-0.39, 0.29) is 57.0 Å². The Kier molecular flexibility index (Phi) is 6.92. The Morgan fingerprint density at radius 1 is 0.978 bits per heavy atom. The van der Waals surface area contributed by atoms with Gasteiger partial charge < -0.3 is 5.32 Å². The molecule has 4 heterocycles. The maximum Gasteiger partial charge on any atom is 0.308 e. The molecule has 2 aliphatic carbocycles. The largest absolute Gasteiger partial charge is 0.325 e. The summed E-state index contributed by atoms with van der Waals surface area (Å²) in [5.74, 6) is -2.69. The van der Waals surface area contributed by atoms with Crippen LogP contribution in [0.3, 0.4) is 0 Å². The highest BCUT2D eigenvalue weighted by Crippen LogP contribution is 2.69. The lowest BCUT2D eigenvalue weighted by atomic mass is 9.69. The van der Waals surface area contributed by atoms with Crippen LogP contribution in [0.2, 0.25) is 0 Å². The van der Waals surface area contributed by atoms with Crippen LogP contribution in [0.1, 0.15) is 22.1 Å². The number of thiophene rings is 1. The number of thiazole rings is 1. The van der Waals surface area contributed by atoms with Crippen molar-refractivity contribution in [2.45, 2.75) is 34.1 Å². The van der Waals surface area contributed by atoms with Gasteiger partial charge in [0.1, 0.15) is 12.4 Å². The second-order valence-electron chi connectivity index (χ2n) is 12.0. The lowest BCUT2D eigenvalue weighted by Crippen LogP contribution is -2.43. The first kappa shape index (κ1) is 29.8. The number of rotatable bonds is 6. The van der Waals surface area contributed by atoms with Crippen molar-refractivity contribution in [2.24, 2.45) is 34.7 Å². The highest BCUT2D eigenvalue weighted by molar-refractivity contribution is 8.00. The Bertz CT molecular complexity index is 2080. The molecular weight excluding hydrogens is 672 g/mol. The normalized spacial score (nSPS) is 27.9. The molecule has 2 saturated carbocycles. The number of carbonyl (C=O) groups excluding carboxylic acids is 3. The first-order valence-corrected chi connectivity index (χ1v) is 18.6. The Hall–Kier alpha value is -3.63. The lowest BCUT2D eigenvalue weighted by Gasteiger charge is -2.42. The number of hydrogen-bond donors (Lipinski definition) is 2. The molecular formula is C31H25FN4O6S4. The monoisotopic (exact) mass is 696 g/mol. The van der Waals surface area contributed by atoms with Crippen molar-refractivity contribution in [3.05, 3.63) is 91.3 Å². The molecule has 2 aromatic carbocycles. The van der Waals surface area contributed by atoms with Gasteiger partial charge in [0, 0.05) is 26.6 Å². The zero-order valence-electron chi connectivity index (χ0n) is 23.7. The summed E-state index contributed by atoms with van der Waals surface area (Å²) in [5, 5.41) is 10.5. The van der Waals surface area contributed by atoms with E-state index in [4.69, 9.17) is 5.14 Å². The molecule has 1 saturated heterocycles. The third-order valence-corrected chi connectivity index (χ3v) is 14.3. The quantitative estimate of drug-likeness (QED) is 0.289. The molecule has 7 unspecified atom stereocenters. The summed E-state index contributed by atoms with van der Waals surface area (Å²) in [5.41, 5.74) is 0.724. The smallest absolute Gasteiger partial charge is 0.308 e. The van der Waals surface area contributed by atoms with E-state index in [1.807, 2.05) is 17.5 Å². The van der Waals surface area contributed by atoms with Gasteiger partial charge in [-0.05, 0) is 84.2 Å². The van der Waals surface area contributed by atoms with Crippen molar-refractivity contribution >= 4 is 73.6 Å². The van der Waals surface area contributed by atoms with E-state index < -0.39 is 33.6 Å². The number of nitrogens with one attached hydrogen (secondary N) is 1. The van der Waals surface area contributed by atoms with Gasteiger partial charge >= 0.3 is 4.87 Å². The van der Waals surface area contributed by atoms with E-state index in [0.29, 0.717) is 16.4 Å². The standard InChI is InChI=1S/C31H25FN4O6S4/c32-14-3-7-16(8-4-14)36-28(38)23-18-12-19(24(23)29(36)39)26-22(18)25(20-2-1-11-43-20)27-30(44-26)35(31(40)45-27)13-21(37)34-15-5-9-17(10-6-15)46(33,41)42/h1-11,18-19,22-26H,12-13H2,(H,34,37)(H2,33,41,42). The number of benzene rings is 2. The fraction of sp³-hybridized carbons (Fsp3) is 0.290. The highest BCUT2D eigenvalue weighted by Gasteiger charge is 2.70. The first-order valence-electron chi connectivity index (χ1n) is 14.5. The highest BCUT2D eigenvalue weighted by atomic mass is 32.2. The fourth-order valence-corrected chi connectivity index (χ4v) is 12.6. The minimum atomic E-state index is -3.89. The van der Waals surface area contributed by atoms with Gasteiger partial charge in [-0.1, -0.05) is 17.4 Å². The SMILES string of the molecule is NS(=O)(=O)c1ccc(NC(=O)Cn2c3c(sc2=O)C(c2cccs2)C2C4CC(C2S3)C2C(=O)N(c3ccc(F)cc3)C(=O)C42)cc1. The molecule has 15 heteroatoms. The summed E-state index contributed by atoms with van der Waals surface area (Å²) in [6.45, 7) is -0.251. The molecule has 2 aliphatic heterocycles. The van der Waals surface area contributed by atoms with Crippen LogP contribution in [0.25, 0.3) is 0 Å². The molecule has 3 N–H and O–H groups in total. The van der Waals surface area contributed by atoms with E-state index in [1.165, 1.54) is 69.8 Å². The molecule has 46 heavy (non-hydrogen) atoms. The van der Waals surface area contributed by atoms with Crippen molar-refractivity contribution in [3.63, 3.8) is 0 Å². The molecule has 236 valence electrons. The van der Waals surface area contributed by atoms with Gasteiger partial charge in [-0.25, -0.2) is 17.9 Å². The molecule has 8 rings (SSSR count). The summed E-state index contributed by atoms with van der Waals surface area (Å²) in [4.78, 5) is 57.1. The molecule has 3 amide bonds. The molecule has 2 bridgehead atoms. The van der Waals surface area contributed by atoms with Gasteiger partial charge in [-0.3, -0.25) is 28.6 Å². The van der Waals surface area contributed by atoms with Gasteiger partial charge in [-0.15, -0.1) is 23.1 Å². The van der Waals surface area contributed by atoms with Crippen molar-refractivity contribution in [1.29, 1.82) is 0 Å². The van der Waals surface area contributed by atoms with Crippen LogP contribution >= 0.6 is 34.4 Å². The molecule has 2 aromatic heterocycles. The van der Waals surface area contributed by atoms with Gasteiger partial charge in [0.2, 0.25) is 27.7 Å². The summed E-state index contributed by atoms with van der Waals surface area (Å²) < 4.78 is 38.3. The molecule has 4 aliphatic rings. The van der Waals surface area contributed by atoms with Crippen LogP contribution in [0, 0.1) is 35.4 Å². The molecule has 0 spiro atoms. The van der Waals surface area contributed by atoms with Gasteiger partial charge in [-0.2, -0.15) is 0 Å². The second kappa shape index (κ2) is 10.7. The van der Waals surface area contributed by atoms with Crippen molar-refractivity contribution in [2.75, 3.05) is 10.2 Å². The molecule has 10 nitrogen and oxygen atoms in total. The van der Waals surface area contributed by atoms with Crippen LogP contribution in [0.15, 0.2) is 80.8 Å². The number of primary sulfonamides is 1. The Morgan fingerprint density at radius 2 is 1.67 bits per heavy atom. The van der Waals surface area contributed by atoms with E-state index in [2.05, 4.69) is 5.32 Å². The maximum atomic E-state index is 13.9. The third kappa shape index (κ3) is 4.54. The van der Waals surface area contributed by atoms with Crippen LogP contribution in [0.4, 0.5) is 15.8 Å². The van der Waals surface area contributed by atoms with Gasteiger partial charge in [0.25, 0.3) is 0 Å². The van der Waals surface area contributed by atoms with Crippen LogP contribution in [0.5, 0.6) is 0 Å². The van der Waals surface area contributed by atoms with Crippen molar-refractivity contribution in [3.8, 4) is 0 Å². The number of halogens is 1. The van der Waals surface area contributed by atoms with Crippen LogP contribution < -0.4 is 20.2 Å². The molecule has 7 atom stereocenters. The Labute approximate surface area is 274 Å². The minimum Gasteiger partial charge on any atom is -0.325 e. The van der Waals surface area contributed by atoms with E-state index in [0.717, 1.165) is 27.5 Å². The second-order valence-corrected chi connectivity index (χ2v) is 16.7. The minimum absolute atomic E-state index is 0.0185. The maximum absolute atomic E-state index is 13.9. The van der Waals surface area contributed by atoms with Gasteiger partial charge in [0.05, 0.1) is 27.4 Å². The fourth-order valence-electron chi connectivity index (χ4n) is 7.96. The van der Waals surface area contributed by atoms with Crippen molar-refractivity contribution < 1.29 is 27.2 Å². The summed E-state index contributed by atoms with van der Waals surface area (Å²) >= 11 is 4.23. The molecule has 3 fully saturated rings. The number of fused-ring (bicyclic) bond motifs is 9. The van der Waals surface area contributed by atoms with Crippen LogP contribution in [-0.4, -0.2) is 36.0 Å². The summed E-state index contributed by atoms with van der Waals surface area (Å²) in [7, 11) is -3.89. The number of nitrogens with zero attached hydrogens (tertiary/aromatic N) is 2. The third-order valence-electron chi connectivity index (χ3n) is 9.65. The summed E-state index contributed by atoms with van der Waals surface area (Å²) in [6.07, 6.45) is 0.725. The zero-order valence-corrected chi connectivity index (χ0v) is 27.0. The molecule has 0 radical (unpaired) electrons. The number of hydrogen-bond acceptors (Lipinski definition) is 9. The Morgan fingerprint density at radius 3 is 2.33 bits per heavy atom. The number of aromatic nitrogens is 1. The van der Waals surface area contributed by atoms with E-state index >= 15 is 0 Å². The average Bonchev–Trinajstić information content (AvgIpc) is 3.83. The average molecular weight is 697 g/mol. The summed E-state index contributed by atoms with van der Waals surface area (Å²) in [6, 6.07) is 14.8. The number of anilines is 2. The topological polar surface area (TPSA) is 149 Å². The predicted octanol–water partition coefficient (Wildman–Crippen LogP) is 4.07. The predicted molar refractivity (Wildman–Crippen MR) is 172 cm³/mol. The zero-order chi connectivity index (χ0) is 32.1. The van der Waals surface area contributed by atoms with Crippen molar-refractivity contribution in [1.82, 2.24) is 4.57 Å². The number of carbonyl (C=O) groups is 3. The Balaban J connectivity index is 1.12. The first-order chi connectivity index (χ1) is 22.0.